The van der Waals surface area contributed by atoms with Crippen LogP contribution in [0.15, 0.2) is 35.4 Å². The normalized spacial score (nSPS) is 11.4. The van der Waals surface area contributed by atoms with Gasteiger partial charge >= 0.3 is 5.97 Å². The molecule has 0 radical (unpaired) electrons. The molecule has 2 aromatic rings. The zero-order chi connectivity index (χ0) is 14.0. The van der Waals surface area contributed by atoms with Gasteiger partial charge in [-0.15, -0.1) is 0 Å². The Morgan fingerprint density at radius 1 is 1.37 bits per heavy atom. The van der Waals surface area contributed by atoms with E-state index in [9.17, 15) is 13.2 Å². The quantitative estimate of drug-likeness (QED) is 0.834. The molecule has 0 amide bonds. The van der Waals surface area contributed by atoms with Crippen LogP contribution >= 0.6 is 0 Å². The van der Waals surface area contributed by atoms with Crippen LogP contribution in [0.1, 0.15) is 0 Å². The number of ether oxygens (including phenoxy) is 1. The summed E-state index contributed by atoms with van der Waals surface area (Å²) in [4.78, 5) is 14.3. The molecule has 3 N–H and O–H groups in total. The molecule has 1 aromatic carbocycles. The molecule has 0 unspecified atom stereocenters. The van der Waals surface area contributed by atoms with E-state index in [1.165, 1.54) is 18.3 Å². The molecule has 1 heterocycles. The first-order valence-electron chi connectivity index (χ1n) is 5.15. The summed E-state index contributed by atoms with van der Waals surface area (Å²) in [5, 5.41) is 14.1. The number of carbonyl (C=O) groups is 1. The number of pyridine rings is 1. The summed E-state index contributed by atoms with van der Waals surface area (Å²) in [6.07, 6.45) is 1.41. The largest absolute Gasteiger partial charge is 0.481 e. The van der Waals surface area contributed by atoms with Crippen LogP contribution in [0, 0.1) is 0 Å². The number of aromatic nitrogens is 1. The number of benzene rings is 1. The number of rotatable bonds is 4. The fourth-order valence-electron chi connectivity index (χ4n) is 1.62. The van der Waals surface area contributed by atoms with Crippen LogP contribution in [0.5, 0.6) is 5.75 Å². The van der Waals surface area contributed by atoms with Gasteiger partial charge in [-0.25, -0.2) is 18.4 Å². The van der Waals surface area contributed by atoms with E-state index < -0.39 is 22.6 Å². The highest BCUT2D eigenvalue weighted by atomic mass is 32.2. The minimum Gasteiger partial charge on any atom is -0.481 e. The maximum absolute atomic E-state index is 11.4. The SMILES string of the molecule is NS(=O)(=O)c1ccc(OCC(=O)O)c2cccnc12. The lowest BCUT2D eigenvalue weighted by Gasteiger charge is -2.09. The first kappa shape index (κ1) is 13.2. The molecule has 1 aromatic heterocycles. The number of aliphatic carboxylic acids is 1. The molecule has 0 spiro atoms. The second-order valence-electron chi connectivity index (χ2n) is 3.69. The van der Waals surface area contributed by atoms with Crippen molar-refractivity contribution in [2.75, 3.05) is 6.61 Å². The lowest BCUT2D eigenvalue weighted by atomic mass is 10.2. The highest BCUT2D eigenvalue weighted by Gasteiger charge is 2.16. The predicted molar refractivity (Wildman–Crippen MR) is 66.2 cm³/mol. The second kappa shape index (κ2) is 4.82. The number of carboxylic acids is 1. The first-order chi connectivity index (χ1) is 8.89. The maximum atomic E-state index is 11.4. The Morgan fingerprint density at radius 2 is 2.11 bits per heavy atom. The van der Waals surface area contributed by atoms with Crippen LogP contribution in [0.3, 0.4) is 0 Å². The molecule has 0 aliphatic carbocycles. The van der Waals surface area contributed by atoms with Crippen LogP contribution in [-0.4, -0.2) is 31.1 Å². The molecule has 0 atom stereocenters. The Kier molecular flexibility index (Phi) is 3.36. The van der Waals surface area contributed by atoms with E-state index in [2.05, 4.69) is 4.98 Å². The zero-order valence-electron chi connectivity index (χ0n) is 9.61. The van der Waals surface area contributed by atoms with Crippen molar-refractivity contribution in [3.05, 3.63) is 30.5 Å². The summed E-state index contributed by atoms with van der Waals surface area (Å²) in [6.45, 7) is -0.529. The number of sulfonamides is 1. The molecule has 0 aliphatic rings. The highest BCUT2D eigenvalue weighted by Crippen LogP contribution is 2.28. The molecule has 7 nitrogen and oxygen atoms in total. The molecule has 0 aliphatic heterocycles. The fourth-order valence-corrected chi connectivity index (χ4v) is 2.31. The maximum Gasteiger partial charge on any atom is 0.341 e. The van der Waals surface area contributed by atoms with Crippen molar-refractivity contribution >= 4 is 26.9 Å². The smallest absolute Gasteiger partial charge is 0.341 e. The summed E-state index contributed by atoms with van der Waals surface area (Å²) >= 11 is 0. The van der Waals surface area contributed by atoms with E-state index in [1.807, 2.05) is 0 Å². The van der Waals surface area contributed by atoms with Gasteiger partial charge in [-0.1, -0.05) is 0 Å². The lowest BCUT2D eigenvalue weighted by molar-refractivity contribution is -0.139. The fraction of sp³-hybridized carbons (Fsp3) is 0.0909. The minimum atomic E-state index is -3.91. The molecule has 8 heteroatoms. The van der Waals surface area contributed by atoms with Gasteiger partial charge in [-0.05, 0) is 24.3 Å². The molecule has 100 valence electrons. The molecule has 0 fully saturated rings. The van der Waals surface area contributed by atoms with E-state index in [1.54, 1.807) is 12.1 Å². The van der Waals surface area contributed by atoms with Crippen LogP contribution in [0.4, 0.5) is 0 Å². The minimum absolute atomic E-state index is 0.134. The van der Waals surface area contributed by atoms with Crippen LogP contribution < -0.4 is 9.88 Å². The molecular weight excluding hydrogens is 272 g/mol. The van der Waals surface area contributed by atoms with Crippen molar-refractivity contribution in [3.8, 4) is 5.75 Å². The third-order valence-electron chi connectivity index (χ3n) is 2.35. The number of hydrogen-bond donors (Lipinski definition) is 2. The van der Waals surface area contributed by atoms with E-state index in [0.717, 1.165) is 0 Å². The third kappa shape index (κ3) is 2.80. The van der Waals surface area contributed by atoms with Crippen LogP contribution in [-0.2, 0) is 14.8 Å². The van der Waals surface area contributed by atoms with Gasteiger partial charge in [-0.3, -0.25) is 4.98 Å². The number of nitrogens with two attached hydrogens (primary N) is 1. The monoisotopic (exact) mass is 282 g/mol. The molecule has 2 rings (SSSR count). The number of nitrogens with zero attached hydrogens (tertiary/aromatic N) is 1. The Bertz CT molecular complexity index is 742. The van der Waals surface area contributed by atoms with Gasteiger partial charge in [0.2, 0.25) is 10.0 Å². The van der Waals surface area contributed by atoms with Gasteiger partial charge in [0.15, 0.2) is 6.61 Å². The van der Waals surface area contributed by atoms with Crippen molar-refractivity contribution in [1.82, 2.24) is 4.98 Å². The van der Waals surface area contributed by atoms with Gasteiger partial charge in [0, 0.05) is 11.6 Å². The predicted octanol–water partition coefficient (Wildman–Crippen LogP) is 0.346. The van der Waals surface area contributed by atoms with Gasteiger partial charge < -0.3 is 9.84 Å². The van der Waals surface area contributed by atoms with Crippen molar-refractivity contribution in [2.45, 2.75) is 4.90 Å². The molecule has 0 saturated heterocycles. The van der Waals surface area contributed by atoms with Crippen molar-refractivity contribution in [1.29, 1.82) is 0 Å². The summed E-state index contributed by atoms with van der Waals surface area (Å²) in [5.74, 6) is -0.898. The average Bonchev–Trinajstić information content (AvgIpc) is 2.34. The average molecular weight is 282 g/mol. The van der Waals surface area contributed by atoms with Crippen molar-refractivity contribution < 1.29 is 23.1 Å². The number of primary sulfonamides is 1. The third-order valence-corrected chi connectivity index (χ3v) is 3.29. The molecule has 0 saturated carbocycles. The number of fused-ring (bicyclic) bond motifs is 1. The first-order valence-corrected chi connectivity index (χ1v) is 6.69. The van der Waals surface area contributed by atoms with E-state index >= 15 is 0 Å². The van der Waals surface area contributed by atoms with Crippen LogP contribution in [0.2, 0.25) is 0 Å². The van der Waals surface area contributed by atoms with E-state index in [4.69, 9.17) is 15.0 Å². The summed E-state index contributed by atoms with van der Waals surface area (Å²) < 4.78 is 27.9. The van der Waals surface area contributed by atoms with Gasteiger partial charge in [0.1, 0.15) is 10.6 Å². The van der Waals surface area contributed by atoms with Gasteiger partial charge in [0.05, 0.1) is 5.52 Å². The van der Waals surface area contributed by atoms with Crippen molar-refractivity contribution in [3.63, 3.8) is 0 Å². The van der Waals surface area contributed by atoms with Crippen molar-refractivity contribution in [2.24, 2.45) is 5.14 Å². The topological polar surface area (TPSA) is 120 Å². The highest BCUT2D eigenvalue weighted by molar-refractivity contribution is 7.89. The summed E-state index contributed by atoms with van der Waals surface area (Å²) in [5.41, 5.74) is 0.146. The van der Waals surface area contributed by atoms with Gasteiger partial charge in [0.25, 0.3) is 0 Å². The summed E-state index contributed by atoms with van der Waals surface area (Å²) in [7, 11) is -3.91. The van der Waals surface area contributed by atoms with Crippen LogP contribution in [0.25, 0.3) is 10.9 Å². The number of hydrogen-bond acceptors (Lipinski definition) is 5. The zero-order valence-corrected chi connectivity index (χ0v) is 10.4. The summed E-state index contributed by atoms with van der Waals surface area (Å²) in [6, 6.07) is 5.76. The second-order valence-corrected chi connectivity index (χ2v) is 5.22. The van der Waals surface area contributed by atoms with E-state index in [-0.39, 0.29) is 16.2 Å². The molecular formula is C11H10N2O5S. The Hall–Kier alpha value is -2.19. The Labute approximate surface area is 108 Å². The molecule has 19 heavy (non-hydrogen) atoms. The Balaban J connectivity index is 2.62. The lowest BCUT2D eigenvalue weighted by Crippen LogP contribution is -2.14. The Morgan fingerprint density at radius 3 is 2.74 bits per heavy atom. The molecule has 0 bridgehead atoms. The number of carboxylic acid groups (broad SMARTS) is 1. The standard InChI is InChI=1S/C11H10N2O5S/c12-19(16,17)9-4-3-8(18-6-10(14)15)7-2-1-5-13-11(7)9/h1-5H,6H2,(H,14,15)(H2,12,16,17). The van der Waals surface area contributed by atoms with Gasteiger partial charge in [-0.2, -0.15) is 0 Å². The van der Waals surface area contributed by atoms with E-state index in [0.29, 0.717) is 5.39 Å².